The average Bonchev–Trinajstić information content (AvgIpc) is 3.31. The van der Waals surface area contributed by atoms with Crippen molar-refractivity contribution in [2.24, 2.45) is 16.2 Å². The van der Waals surface area contributed by atoms with Crippen molar-refractivity contribution < 1.29 is 62.2 Å². The third kappa shape index (κ3) is 6.76. The molecule has 13 nitrogen and oxygen atoms in total. The van der Waals surface area contributed by atoms with Crippen molar-refractivity contribution in [2.45, 2.75) is 137 Å². The maximum atomic E-state index is 14.3. The minimum atomic E-state index is -2.31. The normalized spacial score (nSPS) is 33.3. The molecule has 0 aromatic carbocycles. The highest BCUT2D eigenvalue weighted by Crippen LogP contribution is 2.56. The van der Waals surface area contributed by atoms with Crippen LogP contribution in [0, 0.1) is 16.2 Å². The first-order valence-corrected chi connectivity index (χ1v) is 14.9. The molecule has 3 saturated heterocycles. The van der Waals surface area contributed by atoms with Crippen LogP contribution in [0.25, 0.3) is 0 Å². The molecule has 0 aromatic rings. The van der Waals surface area contributed by atoms with E-state index in [1.165, 1.54) is 0 Å². The van der Waals surface area contributed by atoms with E-state index in [1.54, 1.807) is 90.0 Å². The topological polar surface area (TPSA) is 162 Å². The zero-order valence-corrected chi connectivity index (χ0v) is 28.3. The summed E-state index contributed by atoms with van der Waals surface area (Å²) in [5.74, 6) is -5.83. The molecule has 252 valence electrons. The van der Waals surface area contributed by atoms with Crippen molar-refractivity contribution in [3.63, 3.8) is 0 Å². The Bertz CT molecular complexity index is 1140. The van der Waals surface area contributed by atoms with Crippen molar-refractivity contribution >= 4 is 23.9 Å². The molecule has 1 N–H and O–H groups in total. The lowest BCUT2D eigenvalue weighted by Crippen LogP contribution is -2.77. The van der Waals surface area contributed by atoms with Crippen molar-refractivity contribution in [2.75, 3.05) is 19.8 Å². The van der Waals surface area contributed by atoms with Crippen molar-refractivity contribution in [1.82, 2.24) is 0 Å². The molecule has 3 fully saturated rings. The minimum absolute atomic E-state index is 0.436. The second-order valence-corrected chi connectivity index (χ2v) is 15.7. The number of rotatable bonds is 7. The second kappa shape index (κ2) is 11.5. The molecule has 3 rings (SSSR count). The first-order chi connectivity index (χ1) is 19.7. The zero-order chi connectivity index (χ0) is 33.9. The summed E-state index contributed by atoms with van der Waals surface area (Å²) < 4.78 is 48.6. The Morgan fingerprint density at radius 2 is 1.27 bits per heavy atom. The van der Waals surface area contributed by atoms with Gasteiger partial charge in [0.2, 0.25) is 5.60 Å². The molecular weight excluding hydrogens is 580 g/mol. The molecule has 3 heterocycles. The van der Waals surface area contributed by atoms with Gasteiger partial charge in [0.1, 0.15) is 25.4 Å². The number of hydrogen-bond acceptors (Lipinski definition) is 13. The number of cyclic esters (lactones) is 1. The van der Waals surface area contributed by atoms with Gasteiger partial charge in [-0.1, -0.05) is 0 Å². The van der Waals surface area contributed by atoms with Crippen LogP contribution in [-0.2, 0) is 57.1 Å². The standard InChI is InChI=1S/C31H50O13/c1-25(2,3)21(33)37-15-18-30(43-28(10,11)41-18,16-38-22(34)26(4,5)6)31-20(42-29(12,13)44-31)19(17(14-32)39-24(31)36)40-23(35)27(7,8)9/h17-20,32H,14-16H2,1-13H3/t17-,18-,19+,20+,30+,31+/m1/s1. The third-order valence-electron chi connectivity index (χ3n) is 7.49. The Balaban J connectivity index is 2.27. The van der Waals surface area contributed by atoms with Crippen molar-refractivity contribution in [3.8, 4) is 0 Å². The monoisotopic (exact) mass is 630 g/mol. The van der Waals surface area contributed by atoms with Gasteiger partial charge in [-0.15, -0.1) is 0 Å². The maximum Gasteiger partial charge on any atom is 0.345 e. The lowest BCUT2D eigenvalue weighted by Gasteiger charge is -2.51. The number of esters is 4. The molecule has 44 heavy (non-hydrogen) atoms. The van der Waals surface area contributed by atoms with Gasteiger partial charge in [0.05, 0.1) is 22.9 Å². The maximum absolute atomic E-state index is 14.3. The summed E-state index contributed by atoms with van der Waals surface area (Å²) >= 11 is 0. The molecule has 0 radical (unpaired) electrons. The summed E-state index contributed by atoms with van der Waals surface area (Å²) in [4.78, 5) is 53.5. The second-order valence-electron chi connectivity index (χ2n) is 15.7. The van der Waals surface area contributed by atoms with Crippen LogP contribution < -0.4 is 0 Å². The molecule has 0 unspecified atom stereocenters. The van der Waals surface area contributed by atoms with Crippen molar-refractivity contribution in [3.05, 3.63) is 0 Å². The predicted octanol–water partition coefficient (Wildman–Crippen LogP) is 2.82. The highest BCUT2D eigenvalue weighted by molar-refractivity contribution is 5.86. The van der Waals surface area contributed by atoms with Gasteiger partial charge in [0.15, 0.2) is 29.4 Å². The summed E-state index contributed by atoms with van der Waals surface area (Å²) in [6.45, 7) is 19.4. The summed E-state index contributed by atoms with van der Waals surface area (Å²) in [6.07, 6.45) is -5.44. The van der Waals surface area contributed by atoms with Gasteiger partial charge in [-0.2, -0.15) is 0 Å². The van der Waals surface area contributed by atoms with Gasteiger partial charge in [-0.3, -0.25) is 14.4 Å². The van der Waals surface area contributed by atoms with Gasteiger partial charge in [-0.25, -0.2) is 4.79 Å². The average molecular weight is 631 g/mol. The van der Waals surface area contributed by atoms with E-state index in [9.17, 15) is 24.3 Å². The van der Waals surface area contributed by atoms with E-state index in [0.717, 1.165) is 0 Å². The third-order valence-corrected chi connectivity index (χ3v) is 7.49. The molecule has 0 spiro atoms. The molecule has 0 aliphatic carbocycles. The van der Waals surface area contributed by atoms with Gasteiger partial charge >= 0.3 is 23.9 Å². The number of aliphatic hydroxyl groups excluding tert-OH is 1. The Hall–Kier alpha value is -2.32. The molecular formula is C31H50O13. The van der Waals surface area contributed by atoms with Gasteiger partial charge in [0, 0.05) is 0 Å². The fourth-order valence-electron chi connectivity index (χ4n) is 5.32. The van der Waals surface area contributed by atoms with Gasteiger partial charge in [0.25, 0.3) is 0 Å². The van der Waals surface area contributed by atoms with Crippen LogP contribution in [-0.4, -0.2) is 96.0 Å². The summed E-state index contributed by atoms with van der Waals surface area (Å²) in [7, 11) is 0. The van der Waals surface area contributed by atoms with Gasteiger partial charge < -0.3 is 43.0 Å². The number of ether oxygens (including phenoxy) is 8. The highest BCUT2D eigenvalue weighted by atomic mass is 16.8. The van der Waals surface area contributed by atoms with Crippen LogP contribution in [0.4, 0.5) is 0 Å². The van der Waals surface area contributed by atoms with E-state index in [4.69, 9.17) is 37.9 Å². The molecule has 0 saturated carbocycles. The smallest absolute Gasteiger partial charge is 0.345 e. The van der Waals surface area contributed by atoms with E-state index in [-0.39, 0.29) is 0 Å². The highest BCUT2D eigenvalue weighted by Gasteiger charge is 2.81. The number of carbonyl (C=O) groups is 4. The summed E-state index contributed by atoms with van der Waals surface area (Å²) in [6, 6.07) is 0. The Morgan fingerprint density at radius 1 is 0.773 bits per heavy atom. The lowest BCUT2D eigenvalue weighted by molar-refractivity contribution is -0.279. The zero-order valence-electron chi connectivity index (χ0n) is 28.3. The van der Waals surface area contributed by atoms with Crippen LogP contribution >= 0.6 is 0 Å². The molecule has 6 atom stereocenters. The largest absolute Gasteiger partial charge is 0.462 e. The summed E-state index contributed by atoms with van der Waals surface area (Å²) in [5.41, 5.74) is -7.19. The van der Waals surface area contributed by atoms with E-state index >= 15 is 0 Å². The minimum Gasteiger partial charge on any atom is -0.462 e. The van der Waals surface area contributed by atoms with Crippen molar-refractivity contribution in [1.29, 1.82) is 0 Å². The number of fused-ring (bicyclic) bond motifs is 1. The van der Waals surface area contributed by atoms with E-state index in [1.807, 2.05) is 0 Å². The Kier molecular flexibility index (Phi) is 9.44. The first-order valence-electron chi connectivity index (χ1n) is 14.9. The Labute approximate surface area is 259 Å². The number of aliphatic hydroxyl groups is 1. The SMILES string of the molecule is CC1(C)O[C@H](COC(=O)C(C)(C)C)[C@@](COC(=O)C(C)(C)C)([C@]23OC(C)(C)O[C@H]2[C@@H](OC(=O)C(C)(C)C)[C@@H](CO)OC3=O)O1. The molecule has 0 bridgehead atoms. The quantitative estimate of drug-likeness (QED) is 0.323. The number of hydrogen-bond donors (Lipinski definition) is 1. The van der Waals surface area contributed by atoms with Gasteiger partial charge in [-0.05, 0) is 90.0 Å². The van der Waals surface area contributed by atoms with E-state index < -0.39 is 107 Å². The van der Waals surface area contributed by atoms with Crippen LogP contribution in [0.5, 0.6) is 0 Å². The molecule has 13 heteroatoms. The van der Waals surface area contributed by atoms with E-state index in [0.29, 0.717) is 0 Å². The summed E-state index contributed by atoms with van der Waals surface area (Å²) in [5, 5.41) is 10.2. The first kappa shape index (κ1) is 36.2. The fraction of sp³-hybridized carbons (Fsp3) is 0.871. The van der Waals surface area contributed by atoms with E-state index in [2.05, 4.69) is 0 Å². The molecule has 0 aromatic heterocycles. The van der Waals surface area contributed by atoms with Crippen LogP contribution in [0.1, 0.15) is 90.0 Å². The van der Waals surface area contributed by atoms with Crippen LogP contribution in [0.3, 0.4) is 0 Å². The molecule has 3 aliphatic rings. The molecule has 0 amide bonds. The van der Waals surface area contributed by atoms with Crippen LogP contribution in [0.15, 0.2) is 0 Å². The number of carbonyl (C=O) groups excluding carboxylic acids is 4. The Morgan fingerprint density at radius 3 is 1.77 bits per heavy atom. The lowest BCUT2D eigenvalue weighted by atomic mass is 9.71. The molecule has 3 aliphatic heterocycles. The predicted molar refractivity (Wildman–Crippen MR) is 153 cm³/mol. The van der Waals surface area contributed by atoms with Crippen LogP contribution in [0.2, 0.25) is 0 Å². The fourth-order valence-corrected chi connectivity index (χ4v) is 5.32.